The normalized spacial score (nSPS) is 12.2. The molecule has 1 atom stereocenters. The molecule has 0 saturated carbocycles. The highest BCUT2D eigenvalue weighted by molar-refractivity contribution is 5.54. The summed E-state index contributed by atoms with van der Waals surface area (Å²) in [5.41, 5.74) is 4.74. The van der Waals surface area contributed by atoms with Gasteiger partial charge in [0.2, 0.25) is 0 Å². The van der Waals surface area contributed by atoms with E-state index in [0.29, 0.717) is 0 Å². The Bertz CT molecular complexity index is 531. The fraction of sp³-hybridized carbons (Fsp3) is 0.250. The first-order chi connectivity index (χ1) is 8.58. The molecule has 0 bridgehead atoms. The number of anilines is 1. The second-order valence-electron chi connectivity index (χ2n) is 4.67. The Morgan fingerprint density at radius 1 is 1.00 bits per heavy atom. The van der Waals surface area contributed by atoms with E-state index >= 15 is 0 Å². The molecule has 2 aromatic carbocycles. The third-order valence-electron chi connectivity index (χ3n) is 3.35. The van der Waals surface area contributed by atoms with Gasteiger partial charge < -0.3 is 5.32 Å². The van der Waals surface area contributed by atoms with E-state index in [9.17, 15) is 4.39 Å². The highest BCUT2D eigenvalue weighted by atomic mass is 19.1. The van der Waals surface area contributed by atoms with Crippen molar-refractivity contribution in [1.82, 2.24) is 0 Å². The Morgan fingerprint density at radius 2 is 1.67 bits per heavy atom. The molecule has 0 amide bonds. The van der Waals surface area contributed by atoms with E-state index in [1.165, 1.54) is 23.3 Å². The van der Waals surface area contributed by atoms with Gasteiger partial charge >= 0.3 is 0 Å². The maximum atomic E-state index is 12.9. The van der Waals surface area contributed by atoms with E-state index in [2.05, 4.69) is 38.2 Å². The molecule has 0 aliphatic carbocycles. The van der Waals surface area contributed by atoms with Crippen LogP contribution in [0.3, 0.4) is 0 Å². The summed E-state index contributed by atoms with van der Waals surface area (Å²) in [5, 5.41) is 3.46. The summed E-state index contributed by atoms with van der Waals surface area (Å²) < 4.78 is 12.9. The molecule has 18 heavy (non-hydrogen) atoms. The van der Waals surface area contributed by atoms with Gasteiger partial charge in [-0.05, 0) is 55.7 Å². The van der Waals surface area contributed by atoms with Crippen LogP contribution in [0.2, 0.25) is 0 Å². The van der Waals surface area contributed by atoms with Crippen molar-refractivity contribution in [2.75, 3.05) is 5.32 Å². The fourth-order valence-corrected chi connectivity index (χ4v) is 1.98. The first kappa shape index (κ1) is 12.6. The first-order valence-corrected chi connectivity index (χ1v) is 6.16. The lowest BCUT2D eigenvalue weighted by atomic mass is 10.1. The molecule has 0 saturated heterocycles. The number of benzene rings is 2. The number of aryl methyl sites for hydroxylation is 1. The smallest absolute Gasteiger partial charge is 0.123 e. The van der Waals surface area contributed by atoms with Crippen molar-refractivity contribution in [2.45, 2.75) is 26.8 Å². The number of rotatable bonds is 3. The van der Waals surface area contributed by atoms with Gasteiger partial charge in [0.1, 0.15) is 5.82 Å². The summed E-state index contributed by atoms with van der Waals surface area (Å²) in [7, 11) is 0. The Morgan fingerprint density at radius 3 is 2.33 bits per heavy atom. The van der Waals surface area contributed by atoms with Crippen molar-refractivity contribution in [3.8, 4) is 0 Å². The summed E-state index contributed by atoms with van der Waals surface area (Å²) in [5.74, 6) is -0.197. The predicted molar refractivity (Wildman–Crippen MR) is 74.4 cm³/mol. The average Bonchev–Trinajstić information content (AvgIpc) is 2.36. The van der Waals surface area contributed by atoms with Crippen LogP contribution in [0.1, 0.15) is 29.7 Å². The molecule has 1 unspecified atom stereocenters. The average molecular weight is 243 g/mol. The number of hydrogen-bond donors (Lipinski definition) is 1. The largest absolute Gasteiger partial charge is 0.378 e. The van der Waals surface area contributed by atoms with Gasteiger partial charge in [0.05, 0.1) is 0 Å². The van der Waals surface area contributed by atoms with Crippen LogP contribution in [0.15, 0.2) is 42.5 Å². The van der Waals surface area contributed by atoms with Gasteiger partial charge in [-0.15, -0.1) is 0 Å². The van der Waals surface area contributed by atoms with Crippen LogP contribution >= 0.6 is 0 Å². The van der Waals surface area contributed by atoms with Gasteiger partial charge in [0, 0.05) is 11.7 Å². The van der Waals surface area contributed by atoms with Crippen LogP contribution < -0.4 is 5.32 Å². The molecule has 1 nitrogen and oxygen atoms in total. The molecule has 2 aromatic rings. The van der Waals surface area contributed by atoms with E-state index < -0.39 is 0 Å². The quantitative estimate of drug-likeness (QED) is 0.829. The Kier molecular flexibility index (Phi) is 3.66. The number of hydrogen-bond acceptors (Lipinski definition) is 1. The molecule has 0 radical (unpaired) electrons. The molecule has 2 heteroatoms. The topological polar surface area (TPSA) is 12.0 Å². The summed E-state index contributed by atoms with van der Waals surface area (Å²) in [6.45, 7) is 6.28. The summed E-state index contributed by atoms with van der Waals surface area (Å²) in [6.07, 6.45) is 0. The van der Waals surface area contributed by atoms with Crippen molar-refractivity contribution in [1.29, 1.82) is 0 Å². The van der Waals surface area contributed by atoms with Crippen molar-refractivity contribution < 1.29 is 4.39 Å². The number of nitrogens with one attached hydrogen (secondary N) is 1. The van der Waals surface area contributed by atoms with Gasteiger partial charge in [-0.2, -0.15) is 0 Å². The maximum Gasteiger partial charge on any atom is 0.123 e. The SMILES string of the molecule is Cc1cccc(NC(C)c2ccc(F)cc2)c1C. The molecule has 0 aliphatic heterocycles. The molecular weight excluding hydrogens is 225 g/mol. The predicted octanol–water partition coefficient (Wildman–Crippen LogP) is 4.62. The minimum absolute atomic E-state index is 0.158. The highest BCUT2D eigenvalue weighted by Gasteiger charge is 2.07. The summed E-state index contributed by atoms with van der Waals surface area (Å²) in [4.78, 5) is 0. The molecule has 0 heterocycles. The zero-order valence-corrected chi connectivity index (χ0v) is 11.0. The van der Waals surface area contributed by atoms with Gasteiger partial charge in [-0.25, -0.2) is 4.39 Å². The second-order valence-corrected chi connectivity index (χ2v) is 4.67. The monoisotopic (exact) mass is 243 g/mol. The highest BCUT2D eigenvalue weighted by Crippen LogP contribution is 2.24. The third kappa shape index (κ3) is 2.70. The molecule has 0 aliphatic rings. The van der Waals surface area contributed by atoms with Gasteiger partial charge in [-0.1, -0.05) is 24.3 Å². The van der Waals surface area contributed by atoms with Crippen molar-refractivity contribution >= 4 is 5.69 Å². The van der Waals surface area contributed by atoms with Crippen LogP contribution in [0.25, 0.3) is 0 Å². The minimum atomic E-state index is -0.197. The van der Waals surface area contributed by atoms with Crippen LogP contribution in [0.5, 0.6) is 0 Å². The molecule has 2 rings (SSSR count). The van der Waals surface area contributed by atoms with Crippen LogP contribution in [0, 0.1) is 19.7 Å². The molecule has 0 spiro atoms. The van der Waals surface area contributed by atoms with Crippen LogP contribution in [-0.2, 0) is 0 Å². The van der Waals surface area contributed by atoms with E-state index in [1.54, 1.807) is 0 Å². The Labute approximate surface area is 108 Å². The van der Waals surface area contributed by atoms with Crippen molar-refractivity contribution in [2.24, 2.45) is 0 Å². The lowest BCUT2D eigenvalue weighted by Gasteiger charge is -2.18. The standard InChI is InChI=1S/C16H18FN/c1-11-5-4-6-16(12(11)2)18-13(3)14-7-9-15(17)10-8-14/h4-10,13,18H,1-3H3. The lowest BCUT2D eigenvalue weighted by Crippen LogP contribution is -2.08. The van der Waals surface area contributed by atoms with Gasteiger partial charge in [0.25, 0.3) is 0 Å². The minimum Gasteiger partial charge on any atom is -0.378 e. The molecule has 0 fully saturated rings. The Balaban J connectivity index is 2.18. The van der Waals surface area contributed by atoms with E-state index in [0.717, 1.165) is 11.3 Å². The molecular formula is C16H18FN. The molecule has 94 valence electrons. The molecule has 0 aromatic heterocycles. The Hall–Kier alpha value is -1.83. The van der Waals surface area contributed by atoms with Gasteiger partial charge in [-0.3, -0.25) is 0 Å². The first-order valence-electron chi connectivity index (χ1n) is 6.16. The van der Waals surface area contributed by atoms with Gasteiger partial charge in [0.15, 0.2) is 0 Å². The third-order valence-corrected chi connectivity index (χ3v) is 3.35. The zero-order valence-electron chi connectivity index (χ0n) is 11.0. The van der Waals surface area contributed by atoms with Crippen LogP contribution in [0.4, 0.5) is 10.1 Å². The van der Waals surface area contributed by atoms with E-state index in [4.69, 9.17) is 0 Å². The fourth-order valence-electron chi connectivity index (χ4n) is 1.98. The van der Waals surface area contributed by atoms with E-state index in [-0.39, 0.29) is 11.9 Å². The summed E-state index contributed by atoms with van der Waals surface area (Å²) in [6, 6.07) is 13.0. The lowest BCUT2D eigenvalue weighted by molar-refractivity contribution is 0.626. The maximum absolute atomic E-state index is 12.9. The zero-order chi connectivity index (χ0) is 13.1. The van der Waals surface area contributed by atoms with E-state index in [1.807, 2.05) is 18.2 Å². The van der Waals surface area contributed by atoms with Crippen molar-refractivity contribution in [3.63, 3.8) is 0 Å². The molecule has 1 N–H and O–H groups in total. The van der Waals surface area contributed by atoms with Crippen LogP contribution in [-0.4, -0.2) is 0 Å². The second kappa shape index (κ2) is 5.21. The summed E-state index contributed by atoms with van der Waals surface area (Å²) >= 11 is 0. The van der Waals surface area contributed by atoms with Crippen molar-refractivity contribution in [3.05, 3.63) is 65.0 Å². The number of halogens is 1.